The van der Waals surface area contributed by atoms with E-state index in [1.54, 1.807) is 0 Å². The van der Waals surface area contributed by atoms with Crippen molar-refractivity contribution in [3.8, 4) is 0 Å². The lowest BCUT2D eigenvalue weighted by Crippen LogP contribution is -2.22. The standard InChI is InChI=1S/C17H16FN2/c1-11(19)13-6-7-15(16(18)10-13)17-14-5-3-2-4-12(14)8-9-20-17/h2-3,5-11,17,20H,19H2,1H3. The van der Waals surface area contributed by atoms with Crippen molar-refractivity contribution < 1.29 is 4.39 Å². The van der Waals surface area contributed by atoms with Gasteiger partial charge in [-0.25, -0.2) is 4.39 Å². The summed E-state index contributed by atoms with van der Waals surface area (Å²) in [5.74, 6) is -0.234. The highest BCUT2D eigenvalue weighted by Gasteiger charge is 2.21. The summed E-state index contributed by atoms with van der Waals surface area (Å²) < 4.78 is 14.4. The van der Waals surface area contributed by atoms with Gasteiger partial charge in [0.1, 0.15) is 5.82 Å². The molecule has 1 aliphatic heterocycles. The van der Waals surface area contributed by atoms with Gasteiger partial charge in [-0.2, -0.15) is 0 Å². The van der Waals surface area contributed by atoms with Gasteiger partial charge in [0.05, 0.1) is 6.04 Å². The second kappa shape index (κ2) is 5.10. The molecule has 101 valence electrons. The van der Waals surface area contributed by atoms with E-state index in [4.69, 9.17) is 5.73 Å². The average Bonchev–Trinajstić information content (AvgIpc) is 2.46. The van der Waals surface area contributed by atoms with Crippen LogP contribution in [0.15, 0.2) is 42.6 Å². The highest BCUT2D eigenvalue weighted by molar-refractivity contribution is 5.58. The molecule has 0 bridgehead atoms. The number of fused-ring (bicyclic) bond motifs is 1. The minimum absolute atomic E-state index is 0.168. The quantitative estimate of drug-likeness (QED) is 0.876. The first-order chi connectivity index (χ1) is 9.66. The van der Waals surface area contributed by atoms with E-state index in [2.05, 4.69) is 11.4 Å². The van der Waals surface area contributed by atoms with Crippen molar-refractivity contribution in [2.75, 3.05) is 0 Å². The van der Waals surface area contributed by atoms with Crippen LogP contribution in [0.1, 0.15) is 41.3 Å². The molecule has 3 heteroatoms. The summed E-state index contributed by atoms with van der Waals surface area (Å²) in [5, 5.41) is 3.21. The van der Waals surface area contributed by atoms with Crippen LogP contribution in [0.2, 0.25) is 0 Å². The molecule has 0 saturated carbocycles. The molecule has 3 N–H and O–H groups in total. The van der Waals surface area contributed by atoms with Gasteiger partial charge in [0.15, 0.2) is 0 Å². The normalized spacial score (nSPS) is 18.2. The molecular formula is C17H16FN2. The average molecular weight is 267 g/mol. The molecule has 3 rings (SSSR count). The lowest BCUT2D eigenvalue weighted by atomic mass is 9.91. The van der Waals surface area contributed by atoms with Gasteiger partial charge in [0, 0.05) is 11.6 Å². The van der Waals surface area contributed by atoms with Crippen molar-refractivity contribution in [3.05, 3.63) is 76.7 Å². The van der Waals surface area contributed by atoms with Crippen molar-refractivity contribution in [3.63, 3.8) is 0 Å². The van der Waals surface area contributed by atoms with Crippen LogP contribution >= 0.6 is 0 Å². The van der Waals surface area contributed by atoms with Crippen molar-refractivity contribution in [2.45, 2.75) is 19.0 Å². The van der Waals surface area contributed by atoms with E-state index in [-0.39, 0.29) is 17.9 Å². The van der Waals surface area contributed by atoms with Crippen LogP contribution in [0.4, 0.5) is 4.39 Å². The summed E-state index contributed by atoms with van der Waals surface area (Å²) in [6.45, 7) is 1.85. The number of halogens is 1. The maximum Gasteiger partial charge on any atom is 0.129 e. The Labute approximate surface area is 118 Å². The molecule has 0 fully saturated rings. The Hall–Kier alpha value is -2.13. The molecule has 2 aromatic carbocycles. The van der Waals surface area contributed by atoms with Gasteiger partial charge in [0.25, 0.3) is 0 Å². The van der Waals surface area contributed by atoms with Crippen LogP contribution < -0.4 is 11.1 Å². The van der Waals surface area contributed by atoms with E-state index in [0.717, 1.165) is 16.7 Å². The van der Waals surface area contributed by atoms with Crippen LogP contribution in [-0.4, -0.2) is 0 Å². The number of hydrogen-bond donors (Lipinski definition) is 2. The summed E-state index contributed by atoms with van der Waals surface area (Å²) >= 11 is 0. The zero-order valence-corrected chi connectivity index (χ0v) is 11.2. The van der Waals surface area contributed by atoms with E-state index in [9.17, 15) is 4.39 Å². The Kier molecular flexibility index (Phi) is 3.28. The van der Waals surface area contributed by atoms with Crippen LogP contribution in [0, 0.1) is 11.9 Å². The van der Waals surface area contributed by atoms with Crippen molar-refractivity contribution in [1.82, 2.24) is 5.32 Å². The molecule has 2 aromatic rings. The molecule has 0 aliphatic carbocycles. The summed E-state index contributed by atoms with van der Waals surface area (Å²) in [6, 6.07) is 13.8. The van der Waals surface area contributed by atoms with Gasteiger partial charge in [0.2, 0.25) is 0 Å². The zero-order chi connectivity index (χ0) is 14.1. The van der Waals surface area contributed by atoms with Crippen molar-refractivity contribution in [1.29, 1.82) is 0 Å². The van der Waals surface area contributed by atoms with E-state index in [1.807, 2.05) is 49.5 Å². The number of benzene rings is 2. The molecule has 0 spiro atoms. The van der Waals surface area contributed by atoms with E-state index in [0.29, 0.717) is 5.56 Å². The maximum atomic E-state index is 14.4. The monoisotopic (exact) mass is 267 g/mol. The topological polar surface area (TPSA) is 38.0 Å². The lowest BCUT2D eigenvalue weighted by Gasteiger charge is -2.24. The van der Waals surface area contributed by atoms with E-state index >= 15 is 0 Å². The molecule has 20 heavy (non-hydrogen) atoms. The molecule has 0 aromatic heterocycles. The molecule has 1 aliphatic rings. The van der Waals surface area contributed by atoms with E-state index in [1.165, 1.54) is 6.07 Å². The van der Waals surface area contributed by atoms with Crippen LogP contribution in [0.3, 0.4) is 0 Å². The third kappa shape index (κ3) is 2.21. The number of nitrogens with one attached hydrogen (secondary N) is 1. The fourth-order valence-corrected chi connectivity index (χ4v) is 2.49. The van der Waals surface area contributed by atoms with E-state index < -0.39 is 0 Å². The molecule has 2 nitrogen and oxygen atoms in total. The highest BCUT2D eigenvalue weighted by Crippen LogP contribution is 2.31. The molecular weight excluding hydrogens is 251 g/mol. The Morgan fingerprint density at radius 3 is 2.90 bits per heavy atom. The van der Waals surface area contributed by atoms with Gasteiger partial charge >= 0.3 is 0 Å². The molecule has 0 saturated heterocycles. The first kappa shape index (κ1) is 12.9. The second-order valence-corrected chi connectivity index (χ2v) is 5.04. The maximum absolute atomic E-state index is 14.4. The Morgan fingerprint density at radius 1 is 1.30 bits per heavy atom. The fraction of sp³-hybridized carbons (Fsp3) is 0.176. The van der Waals surface area contributed by atoms with Crippen LogP contribution in [0.5, 0.6) is 0 Å². The van der Waals surface area contributed by atoms with Crippen LogP contribution in [0.25, 0.3) is 6.08 Å². The molecule has 2 unspecified atom stereocenters. The minimum Gasteiger partial charge on any atom is -0.380 e. The number of hydrogen-bond acceptors (Lipinski definition) is 2. The molecule has 1 radical (unpaired) electrons. The minimum atomic E-state index is -0.234. The Balaban J connectivity index is 2.04. The predicted molar refractivity (Wildman–Crippen MR) is 78.3 cm³/mol. The molecule has 0 amide bonds. The highest BCUT2D eigenvalue weighted by atomic mass is 19.1. The first-order valence-corrected chi connectivity index (χ1v) is 6.65. The summed E-state index contributed by atoms with van der Waals surface area (Å²) in [5.41, 5.74) is 9.24. The third-order valence-electron chi connectivity index (χ3n) is 3.61. The van der Waals surface area contributed by atoms with Gasteiger partial charge in [-0.3, -0.25) is 0 Å². The SMILES string of the molecule is CC(N)c1ccc(C2NC=Cc3[c]cccc32)c(F)c1. The Bertz CT molecular complexity index is 662. The smallest absolute Gasteiger partial charge is 0.129 e. The molecule has 1 heterocycles. The predicted octanol–water partition coefficient (Wildman–Crippen LogP) is 3.31. The van der Waals surface area contributed by atoms with Gasteiger partial charge in [-0.15, -0.1) is 0 Å². The van der Waals surface area contributed by atoms with Crippen molar-refractivity contribution in [2.24, 2.45) is 5.73 Å². The summed E-state index contributed by atoms with van der Waals surface area (Å²) in [7, 11) is 0. The molecule has 2 atom stereocenters. The van der Waals surface area contributed by atoms with Gasteiger partial charge < -0.3 is 11.1 Å². The van der Waals surface area contributed by atoms with Gasteiger partial charge in [-0.05, 0) is 48.0 Å². The summed E-state index contributed by atoms with van der Waals surface area (Å²) in [6.07, 6.45) is 3.78. The van der Waals surface area contributed by atoms with Gasteiger partial charge in [-0.1, -0.05) is 30.3 Å². The number of rotatable bonds is 2. The van der Waals surface area contributed by atoms with Crippen LogP contribution in [-0.2, 0) is 0 Å². The Morgan fingerprint density at radius 2 is 2.15 bits per heavy atom. The largest absolute Gasteiger partial charge is 0.380 e. The fourth-order valence-electron chi connectivity index (χ4n) is 2.49. The number of nitrogens with two attached hydrogens (primary N) is 1. The second-order valence-electron chi connectivity index (χ2n) is 5.04. The lowest BCUT2D eigenvalue weighted by molar-refractivity contribution is 0.578. The summed E-state index contributed by atoms with van der Waals surface area (Å²) in [4.78, 5) is 0. The zero-order valence-electron chi connectivity index (χ0n) is 11.2. The first-order valence-electron chi connectivity index (χ1n) is 6.65. The third-order valence-corrected chi connectivity index (χ3v) is 3.61. The van der Waals surface area contributed by atoms with Crippen molar-refractivity contribution >= 4 is 6.08 Å².